The summed E-state index contributed by atoms with van der Waals surface area (Å²) in [6, 6.07) is 3.65. The van der Waals surface area contributed by atoms with Gasteiger partial charge in [-0.3, -0.25) is 0 Å². The SMILES string of the molecule is CCCCOc1cc(B2OC(C)(C)C(C)(C)O2)cc(C(F)(F)F)c1. The number of halogens is 3. The van der Waals surface area contributed by atoms with Gasteiger partial charge < -0.3 is 14.0 Å². The molecule has 1 aliphatic heterocycles. The van der Waals surface area contributed by atoms with E-state index in [1.807, 2.05) is 34.6 Å². The molecule has 0 aromatic heterocycles. The fourth-order valence-electron chi connectivity index (χ4n) is 2.32. The summed E-state index contributed by atoms with van der Waals surface area (Å²) in [7, 11) is -0.856. The molecule has 1 fully saturated rings. The van der Waals surface area contributed by atoms with Crippen LogP contribution in [-0.4, -0.2) is 24.9 Å². The average Bonchev–Trinajstić information content (AvgIpc) is 2.66. The number of alkyl halides is 3. The number of unbranched alkanes of at least 4 members (excludes halogenated alkanes) is 1. The maximum atomic E-state index is 13.2. The zero-order valence-corrected chi connectivity index (χ0v) is 14.8. The van der Waals surface area contributed by atoms with Crippen molar-refractivity contribution in [2.45, 2.75) is 64.8 Å². The number of ether oxygens (including phenoxy) is 1. The lowest BCUT2D eigenvalue weighted by molar-refractivity contribution is -0.137. The number of rotatable bonds is 5. The summed E-state index contributed by atoms with van der Waals surface area (Å²) in [5, 5.41) is 0. The quantitative estimate of drug-likeness (QED) is 0.592. The standard InChI is InChI=1S/C17H24BF3O3/c1-6-7-8-22-14-10-12(17(19,20)21)9-13(11-14)18-23-15(2,3)16(4,5)24-18/h9-11H,6-8H2,1-5H3. The minimum atomic E-state index is -4.46. The van der Waals surface area contributed by atoms with Crippen molar-refractivity contribution in [3.05, 3.63) is 23.8 Å². The molecule has 0 aliphatic carbocycles. The molecule has 7 heteroatoms. The van der Waals surface area contributed by atoms with E-state index < -0.39 is 30.1 Å². The van der Waals surface area contributed by atoms with Crippen LogP contribution in [0.2, 0.25) is 0 Å². The van der Waals surface area contributed by atoms with Gasteiger partial charge in [-0.25, -0.2) is 0 Å². The molecule has 1 heterocycles. The predicted molar refractivity (Wildman–Crippen MR) is 87.6 cm³/mol. The number of hydrogen-bond acceptors (Lipinski definition) is 3. The Balaban J connectivity index is 2.34. The van der Waals surface area contributed by atoms with Crippen molar-refractivity contribution in [2.75, 3.05) is 6.61 Å². The maximum Gasteiger partial charge on any atom is 0.494 e. The van der Waals surface area contributed by atoms with Crippen molar-refractivity contribution >= 4 is 12.6 Å². The van der Waals surface area contributed by atoms with Gasteiger partial charge in [0.1, 0.15) is 5.75 Å². The molecular formula is C17H24BF3O3. The van der Waals surface area contributed by atoms with Crippen molar-refractivity contribution in [3.8, 4) is 5.75 Å². The van der Waals surface area contributed by atoms with Crippen molar-refractivity contribution in [1.29, 1.82) is 0 Å². The first-order valence-electron chi connectivity index (χ1n) is 8.17. The van der Waals surface area contributed by atoms with Crippen LogP contribution in [0.15, 0.2) is 18.2 Å². The molecular weight excluding hydrogens is 320 g/mol. The van der Waals surface area contributed by atoms with Gasteiger partial charge >= 0.3 is 13.3 Å². The molecule has 1 aromatic rings. The monoisotopic (exact) mass is 344 g/mol. The second-order valence-electron chi connectivity index (χ2n) is 7.08. The molecule has 0 atom stereocenters. The van der Waals surface area contributed by atoms with Gasteiger partial charge in [0.05, 0.1) is 23.4 Å². The van der Waals surface area contributed by atoms with Gasteiger partial charge in [-0.15, -0.1) is 0 Å². The van der Waals surface area contributed by atoms with Crippen molar-refractivity contribution in [1.82, 2.24) is 0 Å². The molecule has 0 unspecified atom stereocenters. The first kappa shape index (κ1) is 19.1. The number of hydrogen-bond donors (Lipinski definition) is 0. The molecule has 2 rings (SSSR count). The second-order valence-corrected chi connectivity index (χ2v) is 7.08. The molecule has 1 aromatic carbocycles. The van der Waals surface area contributed by atoms with Crippen molar-refractivity contribution in [2.24, 2.45) is 0 Å². The molecule has 134 valence electrons. The largest absolute Gasteiger partial charge is 0.494 e. The van der Waals surface area contributed by atoms with E-state index in [2.05, 4.69) is 0 Å². The highest BCUT2D eigenvalue weighted by Crippen LogP contribution is 2.37. The average molecular weight is 344 g/mol. The Bertz CT molecular complexity index is 569. The van der Waals surface area contributed by atoms with Crippen LogP contribution in [0.5, 0.6) is 5.75 Å². The molecule has 1 saturated heterocycles. The molecule has 0 saturated carbocycles. The van der Waals surface area contributed by atoms with Gasteiger partial charge in [-0.2, -0.15) is 13.2 Å². The van der Waals surface area contributed by atoms with Gasteiger partial charge in [0.25, 0.3) is 0 Å². The topological polar surface area (TPSA) is 27.7 Å². The van der Waals surface area contributed by atoms with Gasteiger partial charge in [0.2, 0.25) is 0 Å². The molecule has 3 nitrogen and oxygen atoms in total. The third kappa shape index (κ3) is 4.06. The zero-order valence-electron chi connectivity index (χ0n) is 14.8. The molecule has 1 aliphatic rings. The Morgan fingerprint density at radius 1 is 1.04 bits per heavy atom. The highest BCUT2D eigenvalue weighted by Gasteiger charge is 2.52. The summed E-state index contributed by atoms with van der Waals surface area (Å²) in [4.78, 5) is 0. The van der Waals surface area contributed by atoms with Crippen LogP contribution in [0.3, 0.4) is 0 Å². The lowest BCUT2D eigenvalue weighted by atomic mass is 9.78. The van der Waals surface area contributed by atoms with Crippen molar-refractivity contribution < 1.29 is 27.2 Å². The molecule has 0 bridgehead atoms. The molecule has 0 N–H and O–H groups in total. The Labute approximate surface area is 141 Å². The van der Waals surface area contributed by atoms with Crippen LogP contribution in [-0.2, 0) is 15.5 Å². The normalized spacial score (nSPS) is 19.6. The van der Waals surface area contributed by atoms with E-state index in [0.29, 0.717) is 12.1 Å². The van der Waals surface area contributed by atoms with E-state index in [9.17, 15) is 13.2 Å². The third-order valence-electron chi connectivity index (χ3n) is 4.55. The highest BCUT2D eigenvalue weighted by atomic mass is 19.4. The van der Waals surface area contributed by atoms with E-state index in [4.69, 9.17) is 14.0 Å². The van der Waals surface area contributed by atoms with E-state index in [1.165, 1.54) is 0 Å². The van der Waals surface area contributed by atoms with Crippen molar-refractivity contribution in [3.63, 3.8) is 0 Å². The smallest absolute Gasteiger partial charge is 0.494 e. The van der Waals surface area contributed by atoms with E-state index in [-0.39, 0.29) is 5.75 Å². The highest BCUT2D eigenvalue weighted by molar-refractivity contribution is 6.62. The van der Waals surface area contributed by atoms with Gasteiger partial charge in [-0.1, -0.05) is 13.3 Å². The van der Waals surface area contributed by atoms with E-state index in [1.54, 1.807) is 6.07 Å². The van der Waals surface area contributed by atoms with Gasteiger partial charge in [-0.05, 0) is 57.8 Å². The summed E-state index contributed by atoms with van der Waals surface area (Å²) in [5.41, 5.74) is -1.68. The summed E-state index contributed by atoms with van der Waals surface area (Å²) < 4.78 is 56.8. The Morgan fingerprint density at radius 2 is 1.62 bits per heavy atom. The Kier molecular flexibility index (Phi) is 5.26. The Hall–Kier alpha value is -1.21. The number of benzene rings is 1. The summed E-state index contributed by atoms with van der Waals surface area (Å²) in [6.07, 6.45) is -2.77. The van der Waals surface area contributed by atoms with Crippen LogP contribution in [0.4, 0.5) is 13.2 Å². The molecule has 24 heavy (non-hydrogen) atoms. The Morgan fingerprint density at radius 3 is 2.12 bits per heavy atom. The first-order chi connectivity index (χ1) is 11.0. The minimum absolute atomic E-state index is 0.183. The fraction of sp³-hybridized carbons (Fsp3) is 0.647. The van der Waals surface area contributed by atoms with E-state index >= 15 is 0 Å². The van der Waals surface area contributed by atoms with Crippen LogP contribution in [0.1, 0.15) is 53.0 Å². The lowest BCUT2D eigenvalue weighted by Gasteiger charge is -2.32. The minimum Gasteiger partial charge on any atom is -0.494 e. The van der Waals surface area contributed by atoms with Gasteiger partial charge in [0.15, 0.2) is 0 Å². The summed E-state index contributed by atoms with van der Waals surface area (Å²) in [6.45, 7) is 9.81. The first-order valence-corrected chi connectivity index (χ1v) is 8.17. The van der Waals surface area contributed by atoms with Gasteiger partial charge in [0, 0.05) is 0 Å². The third-order valence-corrected chi connectivity index (χ3v) is 4.55. The van der Waals surface area contributed by atoms with Crippen LogP contribution in [0.25, 0.3) is 0 Å². The maximum absolute atomic E-state index is 13.2. The van der Waals surface area contributed by atoms with Crippen LogP contribution in [0, 0.1) is 0 Å². The molecule has 0 amide bonds. The van der Waals surface area contributed by atoms with Crippen LogP contribution < -0.4 is 10.2 Å². The van der Waals surface area contributed by atoms with Crippen LogP contribution >= 0.6 is 0 Å². The fourth-order valence-corrected chi connectivity index (χ4v) is 2.32. The molecule has 0 radical (unpaired) electrons. The molecule has 0 spiro atoms. The summed E-state index contributed by atoms with van der Waals surface area (Å²) >= 11 is 0. The summed E-state index contributed by atoms with van der Waals surface area (Å²) in [5.74, 6) is 0.183. The second kappa shape index (κ2) is 6.60. The van der Waals surface area contributed by atoms with E-state index in [0.717, 1.165) is 25.0 Å². The lowest BCUT2D eigenvalue weighted by Crippen LogP contribution is -2.41. The predicted octanol–water partition coefficient (Wildman–Crippen LogP) is 4.18. The zero-order chi connectivity index (χ0) is 18.2.